The highest BCUT2D eigenvalue weighted by atomic mass is 35.5. The number of ether oxygens (including phenoxy) is 2. The zero-order valence-corrected chi connectivity index (χ0v) is 18.9. The number of esters is 1. The Bertz CT molecular complexity index is 1070. The van der Waals surface area contributed by atoms with Crippen molar-refractivity contribution in [3.05, 3.63) is 53.6 Å². The molecule has 8 nitrogen and oxygen atoms in total. The predicted molar refractivity (Wildman–Crippen MR) is 119 cm³/mol. The van der Waals surface area contributed by atoms with Crippen LogP contribution in [0.4, 0.5) is 5.69 Å². The zero-order chi connectivity index (χ0) is 23.4. The van der Waals surface area contributed by atoms with E-state index < -0.39 is 41.0 Å². The molecule has 1 aromatic carbocycles. The third-order valence-electron chi connectivity index (χ3n) is 7.18. The van der Waals surface area contributed by atoms with E-state index in [0.717, 1.165) is 0 Å². The summed E-state index contributed by atoms with van der Waals surface area (Å²) in [7, 11) is 0. The van der Waals surface area contributed by atoms with Gasteiger partial charge in [-0.1, -0.05) is 48.9 Å². The number of carbonyl (C=O) groups excluding carboxylic acids is 3. The van der Waals surface area contributed by atoms with Crippen LogP contribution in [-0.2, 0) is 23.9 Å². The molecular formula is C24H25ClN2O6. The Morgan fingerprint density at radius 2 is 1.91 bits per heavy atom. The van der Waals surface area contributed by atoms with Crippen LogP contribution < -0.4 is 4.90 Å². The number of para-hydroxylation sites is 1. The first-order chi connectivity index (χ1) is 15.9. The molecule has 4 aliphatic rings. The van der Waals surface area contributed by atoms with Gasteiger partial charge in [-0.15, -0.1) is 0 Å². The molecule has 1 N–H and O–H groups in total. The van der Waals surface area contributed by atoms with Crippen LogP contribution in [0.25, 0.3) is 0 Å². The van der Waals surface area contributed by atoms with Gasteiger partial charge in [-0.25, -0.2) is 0 Å². The minimum Gasteiger partial charge on any atom is -0.461 e. The van der Waals surface area contributed by atoms with Crippen molar-refractivity contribution in [2.45, 2.75) is 30.6 Å². The number of likely N-dealkylation sites (tertiary alicyclic amines) is 1. The van der Waals surface area contributed by atoms with E-state index in [9.17, 15) is 19.5 Å². The largest absolute Gasteiger partial charge is 0.461 e. The van der Waals surface area contributed by atoms with Gasteiger partial charge in [0.2, 0.25) is 5.91 Å². The Morgan fingerprint density at radius 3 is 2.64 bits per heavy atom. The van der Waals surface area contributed by atoms with Crippen LogP contribution in [0.1, 0.15) is 13.3 Å². The number of anilines is 1. The summed E-state index contributed by atoms with van der Waals surface area (Å²) in [4.78, 5) is 43.7. The van der Waals surface area contributed by atoms with Gasteiger partial charge in [-0.3, -0.25) is 14.4 Å². The molecular weight excluding hydrogens is 448 g/mol. The van der Waals surface area contributed by atoms with Crippen LogP contribution in [0, 0.1) is 11.8 Å². The second kappa shape index (κ2) is 7.97. The van der Waals surface area contributed by atoms with Crippen molar-refractivity contribution in [3.8, 4) is 0 Å². The number of amides is 2. The Morgan fingerprint density at radius 1 is 1.12 bits per heavy atom. The number of rotatable bonds is 4. The summed E-state index contributed by atoms with van der Waals surface area (Å²) in [6.07, 6.45) is 7.48. The van der Waals surface area contributed by atoms with Crippen molar-refractivity contribution in [2.24, 2.45) is 11.8 Å². The van der Waals surface area contributed by atoms with E-state index in [0.29, 0.717) is 17.1 Å². The van der Waals surface area contributed by atoms with Crippen molar-refractivity contribution in [3.63, 3.8) is 0 Å². The highest BCUT2D eigenvalue weighted by Crippen LogP contribution is 2.58. The smallest absolute Gasteiger partial charge is 0.313 e. The van der Waals surface area contributed by atoms with Crippen molar-refractivity contribution < 1.29 is 29.0 Å². The highest BCUT2D eigenvalue weighted by molar-refractivity contribution is 6.34. The molecule has 9 heteroatoms. The van der Waals surface area contributed by atoms with Gasteiger partial charge in [0.25, 0.3) is 5.91 Å². The molecule has 174 valence electrons. The topological polar surface area (TPSA) is 96.4 Å². The normalized spacial score (nSPS) is 35.1. The molecule has 4 aliphatic heterocycles. The van der Waals surface area contributed by atoms with Crippen molar-refractivity contribution in [1.29, 1.82) is 0 Å². The van der Waals surface area contributed by atoms with Crippen molar-refractivity contribution in [1.82, 2.24) is 4.90 Å². The minimum atomic E-state index is -1.37. The van der Waals surface area contributed by atoms with Crippen LogP contribution in [0.2, 0.25) is 5.02 Å². The summed E-state index contributed by atoms with van der Waals surface area (Å²) in [6.45, 7) is 1.83. The summed E-state index contributed by atoms with van der Waals surface area (Å²) < 4.78 is 12.1. The van der Waals surface area contributed by atoms with E-state index in [1.165, 1.54) is 9.80 Å². The van der Waals surface area contributed by atoms with E-state index in [-0.39, 0.29) is 32.2 Å². The Balaban J connectivity index is 1.68. The number of hydrogen-bond acceptors (Lipinski definition) is 6. The fraction of sp³-hybridized carbons (Fsp3) is 0.458. The first kappa shape index (κ1) is 22.1. The summed E-state index contributed by atoms with van der Waals surface area (Å²) in [5.74, 6) is -3.15. The standard InChI is InChI=1S/C24H25ClN2O6/c1-2-23-9-6-14-32-22(31)18(23)17-20(29)27(12-13-28)19-21(30)26(11-5-10-24(17,19)33-23)16-8-4-3-7-15(16)25/h3-10,17-19,28H,2,11-14H2,1H3/t17-,18+,19?,23-,24-/m0/s1. The van der Waals surface area contributed by atoms with E-state index >= 15 is 0 Å². The highest BCUT2D eigenvalue weighted by Gasteiger charge is 2.75. The van der Waals surface area contributed by atoms with Gasteiger partial charge in [-0.05, 0) is 24.6 Å². The lowest BCUT2D eigenvalue weighted by molar-refractivity contribution is -0.157. The maximum atomic E-state index is 14.0. The number of carbonyl (C=O) groups is 3. The molecule has 2 fully saturated rings. The maximum Gasteiger partial charge on any atom is 0.313 e. The van der Waals surface area contributed by atoms with Gasteiger partial charge in [0, 0.05) is 13.1 Å². The molecule has 0 aromatic heterocycles. The third-order valence-corrected chi connectivity index (χ3v) is 7.50. The second-order valence-corrected chi connectivity index (χ2v) is 9.12. The van der Waals surface area contributed by atoms with Crippen LogP contribution in [0.15, 0.2) is 48.6 Å². The minimum absolute atomic E-state index is 0.0578. The molecule has 4 heterocycles. The molecule has 0 radical (unpaired) electrons. The molecule has 0 saturated carbocycles. The Hall–Kier alpha value is -2.68. The van der Waals surface area contributed by atoms with Crippen molar-refractivity contribution >= 4 is 35.1 Å². The zero-order valence-electron chi connectivity index (χ0n) is 18.1. The van der Waals surface area contributed by atoms with Crippen molar-refractivity contribution in [2.75, 3.05) is 31.2 Å². The van der Waals surface area contributed by atoms with Gasteiger partial charge >= 0.3 is 5.97 Å². The lowest BCUT2D eigenvalue weighted by Crippen LogP contribution is -2.56. The quantitative estimate of drug-likeness (QED) is 0.529. The number of β-amino-alcohol motifs (C(OH)–C–C–N with tert-alkyl or cyclic N) is 1. The lowest BCUT2D eigenvalue weighted by atomic mass is 9.73. The molecule has 2 saturated heterocycles. The lowest BCUT2D eigenvalue weighted by Gasteiger charge is -2.38. The number of fused-ring (bicyclic) bond motifs is 2. The van der Waals surface area contributed by atoms with Gasteiger partial charge in [0.15, 0.2) is 0 Å². The van der Waals surface area contributed by atoms with Crippen LogP contribution >= 0.6 is 11.6 Å². The number of cyclic esters (lactones) is 1. The molecule has 5 atom stereocenters. The third kappa shape index (κ3) is 3.01. The summed E-state index contributed by atoms with van der Waals surface area (Å²) in [6, 6.07) is 5.93. The number of hydrogen-bond donors (Lipinski definition) is 1. The van der Waals surface area contributed by atoms with E-state index in [1.54, 1.807) is 48.6 Å². The summed E-state index contributed by atoms with van der Waals surface area (Å²) in [5.41, 5.74) is -1.93. The van der Waals surface area contributed by atoms with E-state index in [4.69, 9.17) is 21.1 Å². The summed E-state index contributed by atoms with van der Waals surface area (Å²) in [5, 5.41) is 10.1. The predicted octanol–water partition coefficient (Wildman–Crippen LogP) is 1.71. The maximum absolute atomic E-state index is 14.0. The Labute approximate surface area is 196 Å². The van der Waals surface area contributed by atoms with Gasteiger partial charge < -0.3 is 24.4 Å². The molecule has 0 aliphatic carbocycles. The van der Waals surface area contributed by atoms with Crippen LogP contribution in [0.3, 0.4) is 0 Å². The molecule has 1 unspecified atom stereocenters. The van der Waals surface area contributed by atoms with Gasteiger partial charge in [-0.2, -0.15) is 0 Å². The fourth-order valence-electron chi connectivity index (χ4n) is 5.83. The average Bonchev–Trinajstić information content (AvgIpc) is 3.07. The molecule has 33 heavy (non-hydrogen) atoms. The molecule has 1 spiro atoms. The molecule has 2 amide bonds. The molecule has 0 bridgehead atoms. The number of halogens is 1. The number of benzene rings is 1. The molecule has 5 rings (SSSR count). The van der Waals surface area contributed by atoms with E-state index in [2.05, 4.69) is 0 Å². The number of aliphatic hydroxyl groups is 1. The Kier molecular flexibility index (Phi) is 5.34. The average molecular weight is 473 g/mol. The van der Waals surface area contributed by atoms with Crippen LogP contribution in [-0.4, -0.2) is 71.3 Å². The first-order valence-electron chi connectivity index (χ1n) is 11.1. The number of aliphatic hydroxyl groups excluding tert-OH is 1. The van der Waals surface area contributed by atoms with E-state index in [1.807, 2.05) is 6.92 Å². The fourth-order valence-corrected chi connectivity index (χ4v) is 6.07. The SMILES string of the molecule is CC[C@]12C=CCOC(=O)[C@H]1[C@H]1C(=O)N(CCO)C3C(=O)N(c4ccccc4Cl)CC=C[C@@]31O2. The molecule has 1 aromatic rings. The second-order valence-electron chi connectivity index (χ2n) is 8.71. The van der Waals surface area contributed by atoms with Crippen LogP contribution in [0.5, 0.6) is 0 Å². The van der Waals surface area contributed by atoms with Gasteiger partial charge in [0.1, 0.15) is 29.8 Å². The monoisotopic (exact) mass is 472 g/mol. The number of nitrogens with zero attached hydrogens (tertiary/aromatic N) is 2. The summed E-state index contributed by atoms with van der Waals surface area (Å²) >= 11 is 6.40. The van der Waals surface area contributed by atoms with Gasteiger partial charge in [0.05, 0.1) is 23.2 Å². The first-order valence-corrected chi connectivity index (χ1v) is 11.5.